The van der Waals surface area contributed by atoms with Gasteiger partial charge < -0.3 is 20.5 Å². The minimum atomic E-state index is -0.531. The van der Waals surface area contributed by atoms with Crippen LogP contribution in [0.15, 0.2) is 23.2 Å². The third-order valence-electron chi connectivity index (χ3n) is 2.39. The third kappa shape index (κ3) is 6.16. The Morgan fingerprint density at radius 3 is 2.57 bits per heavy atom. The molecule has 0 saturated carbocycles. The van der Waals surface area contributed by atoms with E-state index < -0.39 is 11.7 Å². The Hall–Kier alpha value is -2.24. The van der Waals surface area contributed by atoms with Crippen molar-refractivity contribution in [1.82, 2.24) is 5.32 Å². The molecule has 0 aliphatic carbocycles. The molecule has 1 rings (SSSR count). The van der Waals surface area contributed by atoms with Crippen molar-refractivity contribution < 1.29 is 14.3 Å². The fourth-order valence-electron chi connectivity index (χ4n) is 1.66. The third-order valence-corrected chi connectivity index (χ3v) is 2.39. The molecule has 0 spiro atoms. The standard InChI is InChI=1S/C15H23N3O3/c1-10(16)18-12-6-7-13(20-5)11(8-12)9-17-14(19)21-15(2,3)4/h6-8H,9H2,1-5H3,(H2,16,18)(H,17,19). The number of benzene rings is 1. The second-order valence-electron chi connectivity index (χ2n) is 5.60. The van der Waals surface area contributed by atoms with Crippen molar-refractivity contribution in [2.24, 2.45) is 10.7 Å². The minimum Gasteiger partial charge on any atom is -0.496 e. The van der Waals surface area contributed by atoms with E-state index in [0.717, 1.165) is 5.56 Å². The molecule has 1 aromatic rings. The number of nitrogens with two attached hydrogens (primary N) is 1. The van der Waals surface area contributed by atoms with Gasteiger partial charge in [-0.3, -0.25) is 0 Å². The summed E-state index contributed by atoms with van der Waals surface area (Å²) in [5.74, 6) is 1.13. The van der Waals surface area contributed by atoms with Gasteiger partial charge in [-0.2, -0.15) is 0 Å². The predicted molar refractivity (Wildman–Crippen MR) is 83.0 cm³/mol. The molecule has 116 valence electrons. The Morgan fingerprint density at radius 2 is 2.05 bits per heavy atom. The van der Waals surface area contributed by atoms with Crippen LogP contribution in [0.4, 0.5) is 10.5 Å². The van der Waals surface area contributed by atoms with Gasteiger partial charge in [0.1, 0.15) is 11.4 Å². The largest absolute Gasteiger partial charge is 0.496 e. The number of amidine groups is 1. The summed E-state index contributed by atoms with van der Waals surface area (Å²) in [5, 5.41) is 2.69. The van der Waals surface area contributed by atoms with E-state index in [1.54, 1.807) is 26.2 Å². The number of carbonyl (C=O) groups excluding carboxylic acids is 1. The van der Waals surface area contributed by atoms with Gasteiger partial charge in [0.2, 0.25) is 0 Å². The van der Waals surface area contributed by atoms with Crippen molar-refractivity contribution >= 4 is 17.6 Å². The number of hydrogen-bond donors (Lipinski definition) is 2. The Bertz CT molecular complexity index is 529. The number of ether oxygens (including phenoxy) is 2. The molecule has 6 heteroatoms. The zero-order chi connectivity index (χ0) is 16.0. The molecule has 21 heavy (non-hydrogen) atoms. The molecule has 1 aromatic carbocycles. The van der Waals surface area contributed by atoms with Gasteiger partial charge in [0.05, 0.1) is 18.6 Å². The van der Waals surface area contributed by atoms with Crippen molar-refractivity contribution in [3.8, 4) is 5.75 Å². The van der Waals surface area contributed by atoms with Crippen LogP contribution in [0.3, 0.4) is 0 Å². The van der Waals surface area contributed by atoms with Crippen LogP contribution in [0.5, 0.6) is 5.75 Å². The van der Waals surface area contributed by atoms with E-state index in [9.17, 15) is 4.79 Å². The molecule has 0 aromatic heterocycles. The molecule has 0 atom stereocenters. The van der Waals surface area contributed by atoms with Crippen molar-refractivity contribution in [3.63, 3.8) is 0 Å². The van der Waals surface area contributed by atoms with Gasteiger partial charge in [0.25, 0.3) is 0 Å². The van der Waals surface area contributed by atoms with Crippen molar-refractivity contribution in [2.45, 2.75) is 39.8 Å². The summed E-state index contributed by atoms with van der Waals surface area (Å²) in [6.45, 7) is 7.43. The van der Waals surface area contributed by atoms with E-state index >= 15 is 0 Å². The maximum Gasteiger partial charge on any atom is 0.407 e. The SMILES string of the molecule is COc1ccc(N=C(C)N)cc1CNC(=O)OC(C)(C)C. The first-order valence-electron chi connectivity index (χ1n) is 6.66. The van der Waals surface area contributed by atoms with Crippen LogP contribution in [0.25, 0.3) is 0 Å². The van der Waals surface area contributed by atoms with E-state index in [1.807, 2.05) is 26.8 Å². The highest BCUT2D eigenvalue weighted by atomic mass is 16.6. The van der Waals surface area contributed by atoms with E-state index in [1.165, 1.54) is 0 Å². The smallest absolute Gasteiger partial charge is 0.407 e. The van der Waals surface area contributed by atoms with E-state index in [0.29, 0.717) is 17.3 Å². The summed E-state index contributed by atoms with van der Waals surface area (Å²) < 4.78 is 10.5. The number of rotatable bonds is 4. The lowest BCUT2D eigenvalue weighted by atomic mass is 10.1. The van der Waals surface area contributed by atoms with Crippen LogP contribution in [0.1, 0.15) is 33.3 Å². The average Bonchev–Trinajstić information content (AvgIpc) is 2.33. The topological polar surface area (TPSA) is 85.9 Å². The molecule has 0 bridgehead atoms. The lowest BCUT2D eigenvalue weighted by Gasteiger charge is -2.20. The molecule has 1 amide bonds. The minimum absolute atomic E-state index is 0.283. The highest BCUT2D eigenvalue weighted by Crippen LogP contribution is 2.24. The van der Waals surface area contributed by atoms with Crippen LogP contribution in [-0.4, -0.2) is 24.6 Å². The molecule has 0 unspecified atom stereocenters. The van der Waals surface area contributed by atoms with Gasteiger partial charge >= 0.3 is 6.09 Å². The van der Waals surface area contributed by atoms with Crippen LogP contribution < -0.4 is 15.8 Å². The number of amides is 1. The highest BCUT2D eigenvalue weighted by Gasteiger charge is 2.16. The van der Waals surface area contributed by atoms with E-state index in [-0.39, 0.29) is 6.54 Å². The molecule has 0 aliphatic heterocycles. The molecular weight excluding hydrogens is 270 g/mol. The first kappa shape index (κ1) is 16.8. The lowest BCUT2D eigenvalue weighted by molar-refractivity contribution is 0.0523. The summed E-state index contributed by atoms with van der Waals surface area (Å²) in [6, 6.07) is 5.40. The molecular formula is C15H23N3O3. The first-order valence-corrected chi connectivity index (χ1v) is 6.66. The molecule has 6 nitrogen and oxygen atoms in total. The summed E-state index contributed by atoms with van der Waals surface area (Å²) >= 11 is 0. The molecule has 0 radical (unpaired) electrons. The summed E-state index contributed by atoms with van der Waals surface area (Å²) in [5.41, 5.74) is 6.54. The summed E-state index contributed by atoms with van der Waals surface area (Å²) in [4.78, 5) is 15.8. The van der Waals surface area contributed by atoms with Gasteiger partial charge in [-0.1, -0.05) is 0 Å². The molecule has 0 aliphatic rings. The van der Waals surface area contributed by atoms with Crippen LogP contribution in [-0.2, 0) is 11.3 Å². The molecule has 0 saturated heterocycles. The Labute approximate surface area is 125 Å². The maximum atomic E-state index is 11.7. The normalized spacial score (nSPS) is 12.0. The van der Waals surface area contributed by atoms with E-state index in [2.05, 4.69) is 10.3 Å². The monoisotopic (exact) mass is 293 g/mol. The van der Waals surface area contributed by atoms with Gasteiger partial charge in [-0.05, 0) is 45.9 Å². The number of carbonyl (C=O) groups is 1. The average molecular weight is 293 g/mol. The van der Waals surface area contributed by atoms with Gasteiger partial charge in [-0.15, -0.1) is 0 Å². The first-order chi connectivity index (χ1) is 9.71. The number of aliphatic imine (C=N–C) groups is 1. The Kier molecular flexibility index (Phi) is 5.58. The number of nitrogens with one attached hydrogen (secondary N) is 1. The maximum absolute atomic E-state index is 11.7. The fraction of sp³-hybridized carbons (Fsp3) is 0.467. The summed E-state index contributed by atoms with van der Waals surface area (Å²) in [6.07, 6.45) is -0.478. The molecule has 0 heterocycles. The Morgan fingerprint density at radius 1 is 1.38 bits per heavy atom. The fourth-order valence-corrected chi connectivity index (χ4v) is 1.66. The quantitative estimate of drug-likeness (QED) is 0.660. The molecule has 0 fully saturated rings. The number of nitrogens with zero attached hydrogens (tertiary/aromatic N) is 1. The Balaban J connectivity index is 2.81. The van der Waals surface area contributed by atoms with E-state index in [4.69, 9.17) is 15.2 Å². The predicted octanol–water partition coefficient (Wildman–Crippen LogP) is 2.73. The number of hydrogen-bond acceptors (Lipinski definition) is 4. The highest BCUT2D eigenvalue weighted by molar-refractivity contribution is 5.80. The zero-order valence-electron chi connectivity index (χ0n) is 13.2. The van der Waals surface area contributed by atoms with Crippen molar-refractivity contribution in [2.75, 3.05) is 7.11 Å². The zero-order valence-corrected chi connectivity index (χ0v) is 13.2. The second-order valence-corrected chi connectivity index (χ2v) is 5.60. The van der Waals surface area contributed by atoms with Crippen molar-refractivity contribution in [3.05, 3.63) is 23.8 Å². The van der Waals surface area contributed by atoms with Crippen LogP contribution in [0, 0.1) is 0 Å². The number of methoxy groups -OCH3 is 1. The molecule has 3 N–H and O–H groups in total. The van der Waals surface area contributed by atoms with Crippen LogP contribution in [0.2, 0.25) is 0 Å². The lowest BCUT2D eigenvalue weighted by Crippen LogP contribution is -2.32. The second kappa shape index (κ2) is 6.97. The number of alkyl carbamates (subject to hydrolysis) is 1. The van der Waals surface area contributed by atoms with Gasteiger partial charge in [0, 0.05) is 12.1 Å². The van der Waals surface area contributed by atoms with Crippen LogP contribution >= 0.6 is 0 Å². The van der Waals surface area contributed by atoms with Gasteiger partial charge in [0.15, 0.2) is 0 Å². The summed E-state index contributed by atoms with van der Waals surface area (Å²) in [7, 11) is 1.57. The van der Waals surface area contributed by atoms with Gasteiger partial charge in [-0.25, -0.2) is 9.79 Å². The van der Waals surface area contributed by atoms with Crippen molar-refractivity contribution in [1.29, 1.82) is 0 Å².